The number of nitrogens with zero attached hydrogens (tertiary/aromatic N) is 3. The SMILES string of the molecule is [2H]c1c([2H])c([2H])c2c(c1[2H])c1c([2H])c([2H])c([2H])c([2H])c1n2-c1ccc2sc3c(-n4c5c([2H])c([2H])c([2H])c([2H])c5c5c([2H])c(C)c([2H])c([2H])c54)nccc3c2c1. The van der Waals surface area contributed by atoms with Crippen molar-refractivity contribution in [2.24, 2.45) is 0 Å². The third-order valence-electron chi connectivity index (χ3n) is 7.14. The summed E-state index contributed by atoms with van der Waals surface area (Å²) in [5, 5.41) is 1.28. The molecule has 0 aliphatic heterocycles. The van der Waals surface area contributed by atoms with Gasteiger partial charge in [-0.15, -0.1) is 11.3 Å². The zero-order valence-corrected chi connectivity index (χ0v) is 21.5. The maximum absolute atomic E-state index is 9.03. The first-order chi connectivity index (χ1) is 26.0. The third kappa shape index (κ3) is 2.91. The Kier molecular flexibility index (Phi) is 2.43. The molecule has 0 atom stereocenters. The summed E-state index contributed by atoms with van der Waals surface area (Å²) in [4.78, 5) is 4.66. The van der Waals surface area contributed by atoms with Crippen molar-refractivity contribution in [3.05, 3.63) is 127 Å². The van der Waals surface area contributed by atoms with Crippen molar-refractivity contribution in [1.82, 2.24) is 14.1 Å². The molecule has 0 radical (unpaired) electrons. The fourth-order valence-electron chi connectivity index (χ4n) is 5.47. The van der Waals surface area contributed by atoms with Gasteiger partial charge < -0.3 is 4.57 Å². The predicted molar refractivity (Wildman–Crippen MR) is 171 cm³/mol. The molecule has 0 spiro atoms. The summed E-state index contributed by atoms with van der Waals surface area (Å²) in [5.41, 5.74) is 0.514. The molecule has 9 rings (SSSR count). The lowest BCUT2D eigenvalue weighted by molar-refractivity contribution is 1.10. The summed E-state index contributed by atoms with van der Waals surface area (Å²) in [7, 11) is 0. The lowest BCUT2D eigenvalue weighted by Crippen LogP contribution is -1.97. The van der Waals surface area contributed by atoms with E-state index in [1.54, 1.807) is 24.3 Å². The van der Waals surface area contributed by atoms with Gasteiger partial charge in [0.2, 0.25) is 0 Å². The van der Waals surface area contributed by atoms with Gasteiger partial charge in [-0.05, 0) is 61.4 Å². The van der Waals surface area contributed by atoms with Crippen molar-refractivity contribution in [3.8, 4) is 11.5 Å². The number of rotatable bonds is 2. The predicted octanol–water partition coefficient (Wildman–Crippen LogP) is 9.95. The van der Waals surface area contributed by atoms with Crippen molar-refractivity contribution in [2.45, 2.75) is 6.92 Å². The van der Waals surface area contributed by atoms with Crippen LogP contribution in [0, 0.1) is 6.92 Å². The van der Waals surface area contributed by atoms with E-state index in [2.05, 4.69) is 4.98 Å². The molecule has 4 heteroatoms. The molecule has 9 aromatic rings. The monoisotopic (exact) mass is 544 g/mol. The molecule has 4 aromatic heterocycles. The topological polar surface area (TPSA) is 22.8 Å². The number of hydrogen-bond donors (Lipinski definition) is 0. The highest BCUT2D eigenvalue weighted by Gasteiger charge is 2.18. The second-order valence-electron chi connectivity index (χ2n) is 9.36. The van der Waals surface area contributed by atoms with Crippen LogP contribution < -0.4 is 0 Å². The number of hydrogen-bond acceptors (Lipinski definition) is 2. The quantitative estimate of drug-likeness (QED) is 0.212. The van der Waals surface area contributed by atoms with Crippen LogP contribution in [0.15, 0.2) is 121 Å². The first-order valence-electron chi connectivity index (χ1n) is 19.8. The Balaban J connectivity index is 1.42. The lowest BCUT2D eigenvalue weighted by atomic mass is 10.1. The molecule has 3 nitrogen and oxygen atoms in total. The van der Waals surface area contributed by atoms with E-state index in [9.17, 15) is 0 Å². The Morgan fingerprint density at radius 1 is 0.625 bits per heavy atom. The van der Waals surface area contributed by atoms with Gasteiger partial charge in [0.25, 0.3) is 0 Å². The molecule has 0 saturated heterocycles. The molecule has 0 unspecified atom stereocenters. The first kappa shape index (κ1) is 12.1. The van der Waals surface area contributed by atoms with Gasteiger partial charge in [-0.25, -0.2) is 4.98 Å². The third-order valence-corrected chi connectivity index (χ3v) is 8.32. The van der Waals surface area contributed by atoms with E-state index in [1.807, 2.05) is 0 Å². The van der Waals surface area contributed by atoms with Crippen molar-refractivity contribution < 1.29 is 20.6 Å². The number of para-hydroxylation sites is 3. The van der Waals surface area contributed by atoms with Gasteiger partial charge in [0, 0.05) is 48.9 Å². The highest BCUT2D eigenvalue weighted by atomic mass is 32.1. The molecule has 0 N–H and O–H groups in total. The van der Waals surface area contributed by atoms with Crippen LogP contribution >= 0.6 is 11.3 Å². The molecular weight excluding hydrogens is 506 g/mol. The Bertz CT molecular complexity index is 3140. The second-order valence-corrected chi connectivity index (χ2v) is 10.4. The van der Waals surface area contributed by atoms with Crippen LogP contribution in [-0.2, 0) is 0 Å². The number of fused-ring (bicyclic) bond motifs is 9. The van der Waals surface area contributed by atoms with Crippen LogP contribution in [-0.4, -0.2) is 14.1 Å². The van der Waals surface area contributed by atoms with E-state index in [-0.39, 0.29) is 79.2 Å². The Morgan fingerprint density at radius 3 is 1.98 bits per heavy atom. The highest BCUT2D eigenvalue weighted by Crippen LogP contribution is 2.41. The minimum atomic E-state index is -0.542. The molecule has 40 heavy (non-hydrogen) atoms. The zero-order chi connectivity index (χ0) is 39.4. The van der Waals surface area contributed by atoms with Crippen molar-refractivity contribution in [2.75, 3.05) is 0 Å². The molecule has 0 bridgehead atoms. The molecule has 0 fully saturated rings. The van der Waals surface area contributed by atoms with E-state index in [0.717, 1.165) is 0 Å². The minimum Gasteiger partial charge on any atom is -0.309 e. The lowest BCUT2D eigenvalue weighted by Gasteiger charge is -2.09. The van der Waals surface area contributed by atoms with Gasteiger partial charge in [0.1, 0.15) is 0 Å². The first-order valence-corrected chi connectivity index (χ1v) is 13.2. The number of benzene rings is 5. The Morgan fingerprint density at radius 2 is 1.25 bits per heavy atom. The zero-order valence-electron chi connectivity index (χ0n) is 35.6. The average Bonchev–Trinajstić information content (AvgIpc) is 3.86. The normalized spacial score (nSPS) is 17.4. The van der Waals surface area contributed by atoms with Crippen LogP contribution in [0.3, 0.4) is 0 Å². The standard InChI is InChI=1S/C36H23N3S/c1-22-14-16-33-28(20-22)26-10-4-7-13-32(26)39(33)36-35-27(18-19-37-36)29-21-23(15-17-34(29)40-35)38-30-11-5-2-8-24(30)25-9-3-6-12-31(25)38/h2-21H,1H3/i2D,3D,4D,5D,6D,7D,8D,9D,10D,11D,12D,13D,14D,16D,20D. The molecule has 0 aliphatic rings. The summed E-state index contributed by atoms with van der Waals surface area (Å²) in [6.07, 6.45) is 1.49. The smallest absolute Gasteiger partial charge is 0.155 e. The van der Waals surface area contributed by atoms with Crippen LogP contribution in [0.4, 0.5) is 0 Å². The second kappa shape index (κ2) is 8.04. The summed E-state index contributed by atoms with van der Waals surface area (Å²) in [5.74, 6) is 0.196. The maximum atomic E-state index is 9.03. The van der Waals surface area contributed by atoms with Crippen molar-refractivity contribution in [1.29, 1.82) is 0 Å². The van der Waals surface area contributed by atoms with Crippen molar-refractivity contribution >= 4 is 75.1 Å². The molecule has 0 amide bonds. The van der Waals surface area contributed by atoms with Gasteiger partial charge in [-0.3, -0.25) is 4.57 Å². The summed E-state index contributed by atoms with van der Waals surface area (Å²) >= 11 is 1.29. The molecule has 188 valence electrons. The van der Waals surface area contributed by atoms with E-state index < -0.39 is 66.5 Å². The largest absolute Gasteiger partial charge is 0.309 e. The van der Waals surface area contributed by atoms with Crippen LogP contribution in [0.2, 0.25) is 0 Å². The minimum absolute atomic E-state index is 0.000283. The van der Waals surface area contributed by atoms with Crippen molar-refractivity contribution in [3.63, 3.8) is 0 Å². The fourth-order valence-corrected chi connectivity index (χ4v) is 6.63. The summed E-state index contributed by atoms with van der Waals surface area (Å²) in [6, 6.07) is 0.551. The van der Waals surface area contributed by atoms with Crippen LogP contribution in [0.25, 0.3) is 75.3 Å². The number of pyridine rings is 1. The van der Waals surface area contributed by atoms with Gasteiger partial charge in [-0.1, -0.05) is 66.0 Å². The van der Waals surface area contributed by atoms with E-state index in [4.69, 9.17) is 20.6 Å². The van der Waals surface area contributed by atoms with E-state index in [1.165, 1.54) is 33.6 Å². The molecule has 4 heterocycles. The molecule has 0 saturated carbocycles. The molecular formula is C36H23N3S. The molecule has 0 aliphatic carbocycles. The maximum Gasteiger partial charge on any atom is 0.155 e. The van der Waals surface area contributed by atoms with Gasteiger partial charge in [0.15, 0.2) is 5.82 Å². The van der Waals surface area contributed by atoms with Gasteiger partial charge in [-0.2, -0.15) is 0 Å². The van der Waals surface area contributed by atoms with Gasteiger partial charge >= 0.3 is 0 Å². The summed E-state index contributed by atoms with van der Waals surface area (Å²) < 4.78 is 134. The van der Waals surface area contributed by atoms with E-state index >= 15 is 0 Å². The number of thiophene rings is 1. The Hall–Kier alpha value is -4.93. The molecule has 5 aromatic carbocycles. The highest BCUT2D eigenvalue weighted by molar-refractivity contribution is 7.26. The number of aromatic nitrogens is 3. The van der Waals surface area contributed by atoms with E-state index in [0.29, 0.717) is 25.9 Å². The van der Waals surface area contributed by atoms with Crippen LogP contribution in [0.1, 0.15) is 26.1 Å². The summed E-state index contributed by atoms with van der Waals surface area (Å²) in [6.45, 7) is 1.52. The fraction of sp³-hybridized carbons (Fsp3) is 0.0278. The average molecular weight is 545 g/mol. The van der Waals surface area contributed by atoms with Gasteiger partial charge in [0.05, 0.1) is 47.3 Å². The van der Waals surface area contributed by atoms with Crippen LogP contribution in [0.5, 0.6) is 0 Å². The Labute approximate surface area is 255 Å².